The van der Waals surface area contributed by atoms with Crippen molar-refractivity contribution in [3.8, 4) is 0 Å². The third kappa shape index (κ3) is 4.71. The number of carbonyl (C=O) groups is 2. The van der Waals surface area contributed by atoms with Gasteiger partial charge in [0.25, 0.3) is 0 Å². The van der Waals surface area contributed by atoms with Crippen LogP contribution >= 0.6 is 0 Å². The molecule has 1 fully saturated rings. The summed E-state index contributed by atoms with van der Waals surface area (Å²) in [5.74, 6) is -0.989. The maximum atomic E-state index is 12.7. The van der Waals surface area contributed by atoms with Crippen LogP contribution in [-0.2, 0) is 15.8 Å². The van der Waals surface area contributed by atoms with E-state index < -0.39 is 11.7 Å². The first-order chi connectivity index (χ1) is 10.8. The number of alkyl halides is 3. The highest BCUT2D eigenvalue weighted by atomic mass is 19.4. The van der Waals surface area contributed by atoms with Gasteiger partial charge in [-0.3, -0.25) is 9.59 Å². The molecule has 1 aromatic carbocycles. The molecular weight excluding hydrogens is 309 g/mol. The van der Waals surface area contributed by atoms with Gasteiger partial charge in [0.1, 0.15) is 0 Å². The van der Waals surface area contributed by atoms with Crippen LogP contribution < -0.4 is 10.6 Å². The fourth-order valence-electron chi connectivity index (χ4n) is 2.55. The molecule has 2 N–H and O–H groups in total. The monoisotopic (exact) mass is 328 g/mol. The Balaban J connectivity index is 1.93. The van der Waals surface area contributed by atoms with Crippen molar-refractivity contribution in [3.05, 3.63) is 35.4 Å². The standard InChI is InChI=1S/C16H19F3N2O2/c1-10(11-3-2-4-13(7-11)16(17,18)19)9-21-15(23)12-5-6-20-14(22)8-12/h2-4,7,10,12H,5-6,8-9H2,1H3,(H,20,22)(H,21,23). The molecule has 23 heavy (non-hydrogen) atoms. The second kappa shape index (κ2) is 7.02. The van der Waals surface area contributed by atoms with Crippen molar-refractivity contribution in [1.82, 2.24) is 10.6 Å². The van der Waals surface area contributed by atoms with Gasteiger partial charge in [-0.1, -0.05) is 25.1 Å². The van der Waals surface area contributed by atoms with E-state index in [-0.39, 0.29) is 36.6 Å². The second-order valence-electron chi connectivity index (χ2n) is 5.81. The maximum Gasteiger partial charge on any atom is 0.416 e. The normalized spacial score (nSPS) is 19.8. The molecule has 2 amide bonds. The second-order valence-corrected chi connectivity index (χ2v) is 5.81. The van der Waals surface area contributed by atoms with Crippen LogP contribution in [0.1, 0.15) is 36.8 Å². The third-order valence-corrected chi connectivity index (χ3v) is 3.98. The minimum absolute atomic E-state index is 0.151. The van der Waals surface area contributed by atoms with Crippen LogP contribution in [-0.4, -0.2) is 24.9 Å². The van der Waals surface area contributed by atoms with Crippen molar-refractivity contribution in [2.45, 2.75) is 31.9 Å². The van der Waals surface area contributed by atoms with Gasteiger partial charge in [-0.15, -0.1) is 0 Å². The summed E-state index contributed by atoms with van der Waals surface area (Å²) >= 11 is 0. The lowest BCUT2D eigenvalue weighted by Gasteiger charge is -2.22. The topological polar surface area (TPSA) is 58.2 Å². The van der Waals surface area contributed by atoms with E-state index in [0.717, 1.165) is 12.1 Å². The molecule has 1 heterocycles. The number of rotatable bonds is 4. The van der Waals surface area contributed by atoms with E-state index in [1.807, 2.05) is 0 Å². The fraction of sp³-hybridized carbons (Fsp3) is 0.500. The molecule has 0 saturated carbocycles. The Morgan fingerprint density at radius 3 is 2.83 bits per heavy atom. The number of carbonyl (C=O) groups excluding carboxylic acids is 2. The van der Waals surface area contributed by atoms with Crippen LogP contribution in [0.5, 0.6) is 0 Å². The number of hydrogen-bond acceptors (Lipinski definition) is 2. The van der Waals surface area contributed by atoms with Crippen LogP contribution in [0.25, 0.3) is 0 Å². The molecule has 2 rings (SSSR count). The maximum absolute atomic E-state index is 12.7. The van der Waals surface area contributed by atoms with Gasteiger partial charge >= 0.3 is 6.18 Å². The third-order valence-electron chi connectivity index (χ3n) is 3.98. The summed E-state index contributed by atoms with van der Waals surface area (Å²) in [5.41, 5.74) is -0.182. The summed E-state index contributed by atoms with van der Waals surface area (Å²) in [7, 11) is 0. The van der Waals surface area contributed by atoms with Gasteiger partial charge in [-0.05, 0) is 24.0 Å². The summed E-state index contributed by atoms with van der Waals surface area (Å²) in [5, 5.41) is 5.38. The number of halogens is 3. The van der Waals surface area contributed by atoms with E-state index in [0.29, 0.717) is 18.5 Å². The van der Waals surface area contributed by atoms with Crippen molar-refractivity contribution in [3.63, 3.8) is 0 Å². The zero-order chi connectivity index (χ0) is 17.0. The molecule has 0 radical (unpaired) electrons. The number of amides is 2. The van der Waals surface area contributed by atoms with Gasteiger partial charge in [-0.2, -0.15) is 13.2 Å². The van der Waals surface area contributed by atoms with Gasteiger partial charge in [0, 0.05) is 25.4 Å². The molecule has 1 saturated heterocycles. The molecule has 0 bridgehead atoms. The highest BCUT2D eigenvalue weighted by Gasteiger charge is 2.31. The van der Waals surface area contributed by atoms with E-state index in [2.05, 4.69) is 10.6 Å². The average Bonchev–Trinajstić information content (AvgIpc) is 2.51. The van der Waals surface area contributed by atoms with Crippen LogP contribution in [0.4, 0.5) is 13.2 Å². The molecule has 1 aliphatic heterocycles. The predicted molar refractivity (Wildman–Crippen MR) is 78.6 cm³/mol. The predicted octanol–water partition coefficient (Wildman–Crippen LogP) is 2.45. The van der Waals surface area contributed by atoms with Crippen molar-refractivity contribution < 1.29 is 22.8 Å². The zero-order valence-corrected chi connectivity index (χ0v) is 12.7. The van der Waals surface area contributed by atoms with Crippen LogP contribution in [0.3, 0.4) is 0 Å². The summed E-state index contributed by atoms with van der Waals surface area (Å²) in [4.78, 5) is 23.3. The first kappa shape index (κ1) is 17.3. The first-order valence-electron chi connectivity index (χ1n) is 7.49. The molecule has 1 aliphatic rings. The van der Waals surface area contributed by atoms with Gasteiger partial charge in [0.05, 0.1) is 5.56 Å². The Morgan fingerprint density at radius 1 is 1.43 bits per heavy atom. The first-order valence-corrected chi connectivity index (χ1v) is 7.49. The summed E-state index contributed by atoms with van der Waals surface area (Å²) in [6.07, 6.45) is -3.65. The molecule has 126 valence electrons. The highest BCUT2D eigenvalue weighted by Crippen LogP contribution is 2.31. The zero-order valence-electron chi connectivity index (χ0n) is 12.7. The lowest BCUT2D eigenvalue weighted by molar-refractivity contribution is -0.137. The van der Waals surface area contributed by atoms with Gasteiger partial charge in [0.2, 0.25) is 11.8 Å². The Bertz CT molecular complexity index is 587. The quantitative estimate of drug-likeness (QED) is 0.892. The lowest BCUT2D eigenvalue weighted by atomic mass is 9.95. The lowest BCUT2D eigenvalue weighted by Crippen LogP contribution is -2.41. The molecular formula is C16H19F3N2O2. The minimum atomic E-state index is -4.38. The van der Waals surface area contributed by atoms with Crippen molar-refractivity contribution in [1.29, 1.82) is 0 Å². The molecule has 7 heteroatoms. The van der Waals surface area contributed by atoms with Gasteiger partial charge < -0.3 is 10.6 Å². The number of hydrogen-bond donors (Lipinski definition) is 2. The molecule has 0 spiro atoms. The van der Waals surface area contributed by atoms with Gasteiger partial charge in [-0.25, -0.2) is 0 Å². The van der Waals surface area contributed by atoms with Crippen LogP contribution in [0, 0.1) is 5.92 Å². The minimum Gasteiger partial charge on any atom is -0.356 e. The summed E-state index contributed by atoms with van der Waals surface area (Å²) in [6.45, 7) is 2.46. The van der Waals surface area contributed by atoms with E-state index in [1.54, 1.807) is 13.0 Å². The molecule has 2 atom stereocenters. The van der Waals surface area contributed by atoms with E-state index in [4.69, 9.17) is 0 Å². The van der Waals surface area contributed by atoms with Crippen LogP contribution in [0.15, 0.2) is 24.3 Å². The number of benzene rings is 1. The van der Waals surface area contributed by atoms with Crippen molar-refractivity contribution in [2.75, 3.05) is 13.1 Å². The SMILES string of the molecule is CC(CNC(=O)C1CCNC(=O)C1)c1cccc(C(F)(F)F)c1. The van der Waals surface area contributed by atoms with E-state index in [1.165, 1.54) is 6.07 Å². The van der Waals surface area contributed by atoms with Crippen LogP contribution in [0.2, 0.25) is 0 Å². The average molecular weight is 328 g/mol. The highest BCUT2D eigenvalue weighted by molar-refractivity contribution is 5.86. The van der Waals surface area contributed by atoms with Crippen molar-refractivity contribution in [2.24, 2.45) is 5.92 Å². The Labute approximate surface area is 132 Å². The Morgan fingerprint density at radius 2 is 2.17 bits per heavy atom. The number of piperidine rings is 1. The smallest absolute Gasteiger partial charge is 0.356 e. The molecule has 2 unspecified atom stereocenters. The summed E-state index contributed by atoms with van der Waals surface area (Å²) < 4.78 is 38.2. The van der Waals surface area contributed by atoms with Crippen molar-refractivity contribution >= 4 is 11.8 Å². The Hall–Kier alpha value is -2.05. The molecule has 0 aliphatic carbocycles. The summed E-state index contributed by atoms with van der Waals surface area (Å²) in [6, 6.07) is 5.10. The number of nitrogens with one attached hydrogen (secondary N) is 2. The van der Waals surface area contributed by atoms with E-state index >= 15 is 0 Å². The molecule has 0 aromatic heterocycles. The fourth-order valence-corrected chi connectivity index (χ4v) is 2.55. The Kier molecular flexibility index (Phi) is 5.28. The molecule has 4 nitrogen and oxygen atoms in total. The van der Waals surface area contributed by atoms with Gasteiger partial charge in [0.15, 0.2) is 0 Å². The molecule has 1 aromatic rings. The van der Waals surface area contributed by atoms with E-state index in [9.17, 15) is 22.8 Å². The largest absolute Gasteiger partial charge is 0.416 e.